The van der Waals surface area contributed by atoms with E-state index >= 15 is 0 Å². The number of allylic oxidation sites excluding steroid dienone is 3. The molecule has 1 aliphatic carbocycles. The average molecular weight is 587 g/mol. The molecule has 2 aliphatic rings. The van der Waals surface area contributed by atoms with Crippen molar-refractivity contribution >= 4 is 17.5 Å². The summed E-state index contributed by atoms with van der Waals surface area (Å²) in [4.78, 5) is 27.7. The first kappa shape index (κ1) is 31.9. The molecule has 7 nitrogen and oxygen atoms in total. The van der Waals surface area contributed by atoms with E-state index in [0.29, 0.717) is 61.3 Å². The van der Waals surface area contributed by atoms with Crippen LogP contribution in [-0.4, -0.2) is 61.8 Å². The molecule has 2 aromatic carbocycles. The van der Waals surface area contributed by atoms with E-state index in [9.17, 15) is 14.0 Å². The second kappa shape index (κ2) is 15.4. The van der Waals surface area contributed by atoms with Gasteiger partial charge in [0.25, 0.3) is 5.91 Å². The van der Waals surface area contributed by atoms with Gasteiger partial charge in [0.05, 0.1) is 12.3 Å². The maximum atomic E-state index is 13.2. The van der Waals surface area contributed by atoms with Crippen LogP contribution in [0.5, 0.6) is 0 Å². The van der Waals surface area contributed by atoms with Gasteiger partial charge in [-0.05, 0) is 98.4 Å². The number of nitrogens with zero attached hydrogens (tertiary/aromatic N) is 1. The van der Waals surface area contributed by atoms with Crippen molar-refractivity contribution in [1.29, 1.82) is 5.41 Å². The minimum atomic E-state index is -0.274. The van der Waals surface area contributed by atoms with Crippen LogP contribution in [0.15, 0.2) is 84.1 Å². The predicted octanol–water partition coefficient (Wildman–Crippen LogP) is 5.90. The molecule has 0 atom stereocenters. The highest BCUT2D eigenvalue weighted by Gasteiger charge is 2.24. The molecule has 0 unspecified atom stereocenters. The first-order chi connectivity index (χ1) is 20.8. The third-order valence-corrected chi connectivity index (χ3v) is 8.25. The van der Waals surface area contributed by atoms with E-state index in [2.05, 4.69) is 17.2 Å². The zero-order valence-corrected chi connectivity index (χ0v) is 25.3. The SMILES string of the molecule is C=CC(=N)C(=C\NCC1CCN(C(=O)c2ccc(-c3ccc(F)cc3)cc2)CC1)/C(C)=C(\C)C(=O)NCCOCC1CC1. The van der Waals surface area contributed by atoms with Crippen molar-refractivity contribution in [3.05, 3.63) is 95.5 Å². The fourth-order valence-electron chi connectivity index (χ4n) is 5.07. The van der Waals surface area contributed by atoms with Gasteiger partial charge in [-0.15, -0.1) is 0 Å². The highest BCUT2D eigenvalue weighted by atomic mass is 19.1. The van der Waals surface area contributed by atoms with Gasteiger partial charge in [-0.3, -0.25) is 9.59 Å². The van der Waals surface area contributed by atoms with Crippen LogP contribution in [0.25, 0.3) is 11.1 Å². The number of nitrogens with one attached hydrogen (secondary N) is 3. The third kappa shape index (κ3) is 9.22. The molecule has 43 heavy (non-hydrogen) atoms. The van der Waals surface area contributed by atoms with Gasteiger partial charge in [0.15, 0.2) is 0 Å². The number of benzene rings is 2. The van der Waals surface area contributed by atoms with Crippen molar-refractivity contribution in [3.63, 3.8) is 0 Å². The maximum Gasteiger partial charge on any atom is 0.253 e. The van der Waals surface area contributed by atoms with Gasteiger partial charge in [0.2, 0.25) is 5.91 Å². The van der Waals surface area contributed by atoms with Gasteiger partial charge in [-0.1, -0.05) is 30.8 Å². The molecule has 4 rings (SSSR count). The molecular weight excluding hydrogens is 543 g/mol. The Balaban J connectivity index is 1.25. The molecule has 228 valence electrons. The zero-order chi connectivity index (χ0) is 30.8. The van der Waals surface area contributed by atoms with Crippen molar-refractivity contribution < 1.29 is 18.7 Å². The fourth-order valence-corrected chi connectivity index (χ4v) is 5.07. The molecule has 8 heteroatoms. The second-order valence-corrected chi connectivity index (χ2v) is 11.4. The topological polar surface area (TPSA) is 94.5 Å². The van der Waals surface area contributed by atoms with Gasteiger partial charge in [0, 0.05) is 55.7 Å². The molecule has 1 saturated heterocycles. The van der Waals surface area contributed by atoms with Crippen LogP contribution in [0.2, 0.25) is 0 Å². The lowest BCUT2D eigenvalue weighted by Gasteiger charge is -2.32. The van der Waals surface area contributed by atoms with E-state index < -0.39 is 0 Å². The van der Waals surface area contributed by atoms with Crippen molar-refractivity contribution in [2.45, 2.75) is 39.5 Å². The highest BCUT2D eigenvalue weighted by Crippen LogP contribution is 2.28. The number of carbonyl (C=O) groups excluding carboxylic acids is 2. The van der Waals surface area contributed by atoms with E-state index in [-0.39, 0.29) is 23.3 Å². The summed E-state index contributed by atoms with van der Waals surface area (Å²) in [6.07, 6.45) is 7.49. The first-order valence-electron chi connectivity index (χ1n) is 15.1. The quantitative estimate of drug-likeness (QED) is 0.111. The zero-order valence-electron chi connectivity index (χ0n) is 25.3. The van der Waals surface area contributed by atoms with Crippen LogP contribution in [-0.2, 0) is 9.53 Å². The molecule has 2 fully saturated rings. The van der Waals surface area contributed by atoms with E-state index in [1.165, 1.54) is 31.1 Å². The minimum Gasteiger partial charge on any atom is -0.390 e. The number of hydrogen-bond acceptors (Lipinski definition) is 5. The van der Waals surface area contributed by atoms with Gasteiger partial charge in [0.1, 0.15) is 5.82 Å². The van der Waals surface area contributed by atoms with Gasteiger partial charge in [-0.2, -0.15) is 0 Å². The Hall–Kier alpha value is -4.04. The fraction of sp³-hybridized carbons (Fsp3) is 0.400. The largest absolute Gasteiger partial charge is 0.390 e. The summed E-state index contributed by atoms with van der Waals surface area (Å²) in [5.41, 5.74) is 4.64. The Kier molecular flexibility index (Phi) is 11.4. The van der Waals surface area contributed by atoms with Crippen molar-refractivity contribution in [1.82, 2.24) is 15.5 Å². The average Bonchev–Trinajstić information content (AvgIpc) is 3.87. The Morgan fingerprint density at radius 1 is 0.977 bits per heavy atom. The van der Waals surface area contributed by atoms with E-state index in [0.717, 1.165) is 36.1 Å². The molecule has 1 aliphatic heterocycles. The van der Waals surface area contributed by atoms with Crippen LogP contribution < -0.4 is 10.6 Å². The number of halogens is 1. The Morgan fingerprint density at radius 2 is 1.60 bits per heavy atom. The lowest BCUT2D eigenvalue weighted by Crippen LogP contribution is -2.40. The third-order valence-electron chi connectivity index (χ3n) is 8.25. The van der Waals surface area contributed by atoms with Crippen molar-refractivity contribution in [3.8, 4) is 11.1 Å². The van der Waals surface area contributed by atoms with Crippen molar-refractivity contribution in [2.24, 2.45) is 11.8 Å². The number of carbonyl (C=O) groups is 2. The number of rotatable bonds is 14. The summed E-state index contributed by atoms with van der Waals surface area (Å²) in [6, 6.07) is 13.8. The van der Waals surface area contributed by atoms with Gasteiger partial charge < -0.3 is 25.7 Å². The highest BCUT2D eigenvalue weighted by molar-refractivity contribution is 6.10. The normalized spacial score (nSPS) is 16.3. The van der Waals surface area contributed by atoms with Crippen LogP contribution in [0.3, 0.4) is 0 Å². The molecule has 0 aromatic heterocycles. The summed E-state index contributed by atoms with van der Waals surface area (Å²) >= 11 is 0. The molecule has 1 saturated carbocycles. The number of amides is 2. The van der Waals surface area contributed by atoms with Gasteiger partial charge >= 0.3 is 0 Å². The molecule has 0 spiro atoms. The lowest BCUT2D eigenvalue weighted by atomic mass is 9.95. The summed E-state index contributed by atoms with van der Waals surface area (Å²) in [5, 5.41) is 14.6. The van der Waals surface area contributed by atoms with E-state index in [1.54, 1.807) is 25.3 Å². The summed E-state index contributed by atoms with van der Waals surface area (Å²) in [6.45, 7) is 11.1. The molecule has 3 N–H and O–H groups in total. The Bertz CT molecular complexity index is 1350. The molecular formula is C35H43FN4O3. The molecule has 2 aromatic rings. The molecule has 0 radical (unpaired) electrons. The predicted molar refractivity (Wildman–Crippen MR) is 169 cm³/mol. The lowest BCUT2D eigenvalue weighted by molar-refractivity contribution is -0.117. The summed E-state index contributed by atoms with van der Waals surface area (Å²) in [5.74, 6) is 0.646. The van der Waals surface area contributed by atoms with Crippen LogP contribution in [0, 0.1) is 23.1 Å². The van der Waals surface area contributed by atoms with E-state index in [1.807, 2.05) is 36.1 Å². The number of piperidine rings is 1. The maximum absolute atomic E-state index is 13.2. The van der Waals surface area contributed by atoms with Crippen LogP contribution in [0.1, 0.15) is 49.9 Å². The summed E-state index contributed by atoms with van der Waals surface area (Å²) < 4.78 is 18.8. The molecule has 1 heterocycles. The Labute approximate surface area is 254 Å². The summed E-state index contributed by atoms with van der Waals surface area (Å²) in [7, 11) is 0. The molecule has 0 bridgehead atoms. The van der Waals surface area contributed by atoms with Crippen LogP contribution >= 0.6 is 0 Å². The monoisotopic (exact) mass is 586 g/mol. The smallest absolute Gasteiger partial charge is 0.253 e. The standard InChI is InChI=1S/C35H43FN4O3/c1-4-33(37)32(24(2)25(3)34(41)39-17-20-43-23-27-5-6-27)22-38-21-26-15-18-40(19-16-26)35(42)30-9-7-28(8-10-30)29-11-13-31(36)14-12-29/h4,7-14,22,26-27,37-38H,1,5-6,15-21,23H2,2-3H3,(H,39,41)/b25-24+,32-22-,37-33?. The second-order valence-electron chi connectivity index (χ2n) is 11.4. The van der Waals surface area contributed by atoms with Crippen LogP contribution in [0.4, 0.5) is 4.39 Å². The number of hydrogen-bond donors (Lipinski definition) is 3. The van der Waals surface area contributed by atoms with Gasteiger partial charge in [-0.25, -0.2) is 4.39 Å². The Morgan fingerprint density at radius 3 is 2.21 bits per heavy atom. The number of likely N-dealkylation sites (tertiary alicyclic amines) is 1. The first-order valence-corrected chi connectivity index (χ1v) is 15.1. The van der Waals surface area contributed by atoms with E-state index in [4.69, 9.17) is 10.1 Å². The van der Waals surface area contributed by atoms with Crippen molar-refractivity contribution in [2.75, 3.05) is 39.4 Å². The minimum absolute atomic E-state index is 0.0164. The number of ether oxygens (including phenoxy) is 1. The molecule has 2 amide bonds.